The molecule has 0 radical (unpaired) electrons. The number of nitrogens with one attached hydrogen (secondary N) is 3. The number of aromatic nitrogens is 1. The highest BCUT2D eigenvalue weighted by atomic mass is 16.2. The average Bonchev–Trinajstić information content (AvgIpc) is 2.41. The van der Waals surface area contributed by atoms with E-state index in [-0.39, 0.29) is 5.91 Å². The molecule has 7 nitrogen and oxygen atoms in total. The summed E-state index contributed by atoms with van der Waals surface area (Å²) in [5.74, 6) is -0.215. The fraction of sp³-hybridized carbons (Fsp3) is 0.417. The molecule has 1 rings (SSSR count). The minimum absolute atomic E-state index is 0.215. The monoisotopic (exact) mass is 265 g/mol. The zero-order valence-corrected chi connectivity index (χ0v) is 10.9. The topological polar surface area (TPSA) is 109 Å². The van der Waals surface area contributed by atoms with Crippen molar-refractivity contribution >= 4 is 17.6 Å². The molecule has 1 aromatic heterocycles. The molecule has 1 heterocycles. The third-order valence-electron chi connectivity index (χ3n) is 2.34. The van der Waals surface area contributed by atoms with Gasteiger partial charge in [0.05, 0.1) is 17.4 Å². The Balaban J connectivity index is 2.53. The molecule has 0 fully saturated rings. The first kappa shape index (κ1) is 14.7. The van der Waals surface area contributed by atoms with Crippen LogP contribution in [0.3, 0.4) is 0 Å². The molecule has 0 atom stereocenters. The molecule has 0 spiro atoms. The Morgan fingerprint density at radius 2 is 2.00 bits per heavy atom. The van der Waals surface area contributed by atoms with Gasteiger partial charge in [-0.25, -0.2) is 4.79 Å². The molecular formula is C12H19N5O2. The van der Waals surface area contributed by atoms with Crippen LogP contribution in [0.25, 0.3) is 0 Å². The Morgan fingerprint density at radius 3 is 2.68 bits per heavy atom. The van der Waals surface area contributed by atoms with Crippen LogP contribution in [0, 0.1) is 0 Å². The van der Waals surface area contributed by atoms with Crippen molar-refractivity contribution in [3.63, 3.8) is 0 Å². The molecule has 0 unspecified atom stereocenters. The van der Waals surface area contributed by atoms with E-state index in [1.807, 2.05) is 6.92 Å². The van der Waals surface area contributed by atoms with Gasteiger partial charge in [0.2, 0.25) is 0 Å². The SMILES string of the molecule is CCCNc1cnccc1C(=O)NCCNC(N)=O. The van der Waals surface area contributed by atoms with Crippen LogP contribution in [0.15, 0.2) is 18.5 Å². The minimum Gasteiger partial charge on any atom is -0.383 e. The van der Waals surface area contributed by atoms with Crippen molar-refractivity contribution in [2.75, 3.05) is 25.0 Å². The van der Waals surface area contributed by atoms with Gasteiger partial charge in [-0.3, -0.25) is 9.78 Å². The maximum absolute atomic E-state index is 12.0. The summed E-state index contributed by atoms with van der Waals surface area (Å²) in [4.78, 5) is 26.4. The van der Waals surface area contributed by atoms with E-state index in [2.05, 4.69) is 20.9 Å². The van der Waals surface area contributed by atoms with Gasteiger partial charge in [-0.2, -0.15) is 0 Å². The van der Waals surface area contributed by atoms with Crippen LogP contribution in [0.4, 0.5) is 10.5 Å². The third kappa shape index (κ3) is 5.24. The highest BCUT2D eigenvalue weighted by Crippen LogP contribution is 2.12. The summed E-state index contributed by atoms with van der Waals surface area (Å²) in [6, 6.07) is 1.04. The molecule has 0 aliphatic heterocycles. The Morgan fingerprint density at radius 1 is 1.26 bits per heavy atom. The summed E-state index contributed by atoms with van der Waals surface area (Å²) in [7, 11) is 0. The van der Waals surface area contributed by atoms with E-state index in [1.165, 1.54) is 0 Å². The first-order valence-corrected chi connectivity index (χ1v) is 6.14. The number of anilines is 1. The minimum atomic E-state index is -0.608. The van der Waals surface area contributed by atoms with E-state index < -0.39 is 6.03 Å². The van der Waals surface area contributed by atoms with Crippen molar-refractivity contribution in [1.29, 1.82) is 0 Å². The number of hydrogen-bond donors (Lipinski definition) is 4. The summed E-state index contributed by atoms with van der Waals surface area (Å²) in [5, 5.41) is 8.23. The first-order chi connectivity index (χ1) is 9.15. The van der Waals surface area contributed by atoms with Crippen molar-refractivity contribution in [3.8, 4) is 0 Å². The highest BCUT2D eigenvalue weighted by Gasteiger charge is 2.10. The van der Waals surface area contributed by atoms with E-state index in [1.54, 1.807) is 18.5 Å². The number of rotatable bonds is 7. The lowest BCUT2D eigenvalue weighted by atomic mass is 10.2. The fourth-order valence-electron chi connectivity index (χ4n) is 1.45. The average molecular weight is 265 g/mol. The molecule has 104 valence electrons. The summed E-state index contributed by atoms with van der Waals surface area (Å²) in [6.07, 6.45) is 4.14. The molecule has 0 bridgehead atoms. The van der Waals surface area contributed by atoms with Crippen LogP contribution in [-0.2, 0) is 0 Å². The van der Waals surface area contributed by atoms with E-state index in [4.69, 9.17) is 5.73 Å². The van der Waals surface area contributed by atoms with Crippen molar-refractivity contribution < 1.29 is 9.59 Å². The summed E-state index contributed by atoms with van der Waals surface area (Å²) in [6.45, 7) is 3.43. The van der Waals surface area contributed by atoms with Crippen LogP contribution in [0.1, 0.15) is 23.7 Å². The lowest BCUT2D eigenvalue weighted by Crippen LogP contribution is -2.37. The van der Waals surface area contributed by atoms with Gasteiger partial charge in [-0.1, -0.05) is 6.92 Å². The fourth-order valence-corrected chi connectivity index (χ4v) is 1.45. The van der Waals surface area contributed by atoms with Gasteiger partial charge < -0.3 is 21.7 Å². The summed E-state index contributed by atoms with van der Waals surface area (Å²) < 4.78 is 0. The molecular weight excluding hydrogens is 246 g/mol. The van der Waals surface area contributed by atoms with Crippen LogP contribution >= 0.6 is 0 Å². The zero-order chi connectivity index (χ0) is 14.1. The van der Waals surface area contributed by atoms with Gasteiger partial charge in [0.1, 0.15) is 0 Å². The Bertz CT molecular complexity index is 436. The second-order valence-corrected chi connectivity index (χ2v) is 3.89. The maximum Gasteiger partial charge on any atom is 0.312 e. The Hall–Kier alpha value is -2.31. The number of carbonyl (C=O) groups excluding carboxylic acids is 2. The van der Waals surface area contributed by atoms with Gasteiger partial charge >= 0.3 is 6.03 Å². The van der Waals surface area contributed by atoms with Gasteiger partial charge in [0, 0.05) is 25.8 Å². The molecule has 1 aromatic rings. The van der Waals surface area contributed by atoms with Gasteiger partial charge in [0.25, 0.3) is 5.91 Å². The Kier molecular flexibility index (Phi) is 6.14. The molecule has 0 saturated heterocycles. The van der Waals surface area contributed by atoms with Crippen molar-refractivity contribution in [3.05, 3.63) is 24.0 Å². The first-order valence-electron chi connectivity index (χ1n) is 6.14. The Labute approximate surface area is 112 Å². The lowest BCUT2D eigenvalue weighted by molar-refractivity contribution is 0.0954. The quantitative estimate of drug-likeness (QED) is 0.532. The number of amides is 3. The zero-order valence-electron chi connectivity index (χ0n) is 10.9. The number of carbonyl (C=O) groups is 2. The molecule has 5 N–H and O–H groups in total. The van der Waals surface area contributed by atoms with Crippen LogP contribution in [0.2, 0.25) is 0 Å². The molecule has 3 amide bonds. The number of nitrogens with zero attached hydrogens (tertiary/aromatic N) is 1. The molecule has 0 aromatic carbocycles. The predicted octanol–water partition coefficient (Wildman–Crippen LogP) is 0.302. The highest BCUT2D eigenvalue weighted by molar-refractivity contribution is 5.99. The number of primary amides is 1. The third-order valence-corrected chi connectivity index (χ3v) is 2.34. The number of nitrogens with two attached hydrogens (primary N) is 1. The van der Waals surface area contributed by atoms with E-state index in [9.17, 15) is 9.59 Å². The molecule has 0 saturated carbocycles. The number of pyridine rings is 1. The van der Waals surface area contributed by atoms with E-state index in [0.29, 0.717) is 24.3 Å². The number of hydrogen-bond acceptors (Lipinski definition) is 4. The van der Waals surface area contributed by atoms with Crippen LogP contribution < -0.4 is 21.7 Å². The molecule has 0 aliphatic carbocycles. The number of urea groups is 1. The van der Waals surface area contributed by atoms with Gasteiger partial charge in [-0.05, 0) is 12.5 Å². The normalized spacial score (nSPS) is 9.74. The van der Waals surface area contributed by atoms with Crippen molar-refractivity contribution in [2.24, 2.45) is 5.73 Å². The van der Waals surface area contributed by atoms with E-state index in [0.717, 1.165) is 13.0 Å². The standard InChI is InChI=1S/C12H19N5O2/c1-2-4-15-10-8-14-5-3-9(10)11(18)16-6-7-17-12(13)19/h3,5,8,15H,2,4,6-7H2,1H3,(H,16,18)(H3,13,17,19). The van der Waals surface area contributed by atoms with Crippen molar-refractivity contribution in [1.82, 2.24) is 15.6 Å². The maximum atomic E-state index is 12.0. The molecule has 0 aliphatic rings. The van der Waals surface area contributed by atoms with Crippen LogP contribution in [-0.4, -0.2) is 36.6 Å². The largest absolute Gasteiger partial charge is 0.383 e. The van der Waals surface area contributed by atoms with Crippen LogP contribution in [0.5, 0.6) is 0 Å². The predicted molar refractivity (Wildman–Crippen MR) is 72.9 cm³/mol. The summed E-state index contributed by atoms with van der Waals surface area (Å²) in [5.41, 5.74) is 6.15. The molecule has 19 heavy (non-hydrogen) atoms. The lowest BCUT2D eigenvalue weighted by Gasteiger charge is -2.11. The van der Waals surface area contributed by atoms with Gasteiger partial charge in [0.15, 0.2) is 0 Å². The second kappa shape index (κ2) is 7.91. The summed E-state index contributed by atoms with van der Waals surface area (Å²) >= 11 is 0. The van der Waals surface area contributed by atoms with E-state index >= 15 is 0 Å². The van der Waals surface area contributed by atoms with Gasteiger partial charge in [-0.15, -0.1) is 0 Å². The second-order valence-electron chi connectivity index (χ2n) is 3.89. The molecule has 7 heteroatoms. The van der Waals surface area contributed by atoms with Crippen molar-refractivity contribution in [2.45, 2.75) is 13.3 Å². The smallest absolute Gasteiger partial charge is 0.312 e.